The number of nitrogens with one attached hydrogen (secondary N) is 2. The van der Waals surface area contributed by atoms with E-state index < -0.39 is 11.9 Å². The van der Waals surface area contributed by atoms with Crippen molar-refractivity contribution < 1.29 is 22.7 Å². The van der Waals surface area contributed by atoms with Crippen molar-refractivity contribution >= 4 is 40.0 Å². The van der Waals surface area contributed by atoms with Crippen LogP contribution in [0.15, 0.2) is 66.9 Å². The number of benzene rings is 3. The number of rotatable bonds is 12. The van der Waals surface area contributed by atoms with Crippen molar-refractivity contribution in [3.63, 3.8) is 0 Å². The molecule has 4 N–H and O–H groups in total. The quantitative estimate of drug-likeness (QED) is 0.124. The highest BCUT2D eigenvalue weighted by molar-refractivity contribution is 6.36. The first-order valence-corrected chi connectivity index (χ1v) is 20.6. The molecule has 6 rings (SSSR count). The number of aromatic nitrogens is 1. The number of carbonyl (C=O) groups is 1. The zero-order valence-corrected chi connectivity index (χ0v) is 33.1. The Morgan fingerprint density at radius 1 is 0.945 bits per heavy atom. The van der Waals surface area contributed by atoms with E-state index in [1.165, 1.54) is 49.8 Å². The summed E-state index contributed by atoms with van der Waals surface area (Å²) >= 11 is 13.0. The highest BCUT2D eigenvalue weighted by Crippen LogP contribution is 2.35. The van der Waals surface area contributed by atoms with Crippen LogP contribution in [-0.4, -0.2) is 60.0 Å². The molecule has 7 nitrogen and oxygen atoms in total. The van der Waals surface area contributed by atoms with Crippen LogP contribution >= 0.6 is 23.2 Å². The smallest absolute Gasteiger partial charge is 0.406 e. The van der Waals surface area contributed by atoms with Crippen LogP contribution in [0.1, 0.15) is 81.8 Å². The summed E-state index contributed by atoms with van der Waals surface area (Å²) in [5.41, 5.74) is 10.6. The van der Waals surface area contributed by atoms with Crippen LogP contribution in [0, 0.1) is 5.92 Å². The largest absolute Gasteiger partial charge is 0.573 e. The number of amides is 1. The lowest BCUT2D eigenvalue weighted by molar-refractivity contribution is -0.274. The molecule has 3 heterocycles. The lowest BCUT2D eigenvalue weighted by atomic mass is 9.88. The maximum absolute atomic E-state index is 12.9. The van der Waals surface area contributed by atoms with Gasteiger partial charge in [0.25, 0.3) is 0 Å². The van der Waals surface area contributed by atoms with Crippen molar-refractivity contribution in [1.29, 1.82) is 0 Å². The molecule has 4 aromatic rings. The van der Waals surface area contributed by atoms with Gasteiger partial charge < -0.3 is 25.7 Å². The molecule has 2 fully saturated rings. The summed E-state index contributed by atoms with van der Waals surface area (Å²) in [6.45, 7) is 5.48. The SMILES string of the molecule is NC1(C(=O)NCCCn2cc(-c3ccc(OC(F)(F)F)cc3)c3cc(CN4CCCCCCC(CCc5c(Cl)cccc5Cl)CCC4)ccc32)CCNCC1. The maximum atomic E-state index is 12.9. The van der Waals surface area contributed by atoms with Gasteiger partial charge in [-0.15, -0.1) is 13.2 Å². The molecular weight excluding hydrogens is 746 g/mol. The summed E-state index contributed by atoms with van der Waals surface area (Å²) in [4.78, 5) is 15.5. The van der Waals surface area contributed by atoms with E-state index >= 15 is 0 Å². The molecule has 2 saturated heterocycles. The molecular formula is C43H54Cl2F3N5O2. The van der Waals surface area contributed by atoms with E-state index in [0.29, 0.717) is 38.3 Å². The number of halogens is 5. The fraction of sp³-hybridized carbons (Fsp3) is 0.512. The molecule has 298 valence electrons. The minimum atomic E-state index is -4.76. The van der Waals surface area contributed by atoms with E-state index in [9.17, 15) is 18.0 Å². The van der Waals surface area contributed by atoms with Gasteiger partial charge in [0.05, 0.1) is 5.54 Å². The fourth-order valence-corrected chi connectivity index (χ4v) is 8.81. The zero-order valence-electron chi connectivity index (χ0n) is 31.5. The van der Waals surface area contributed by atoms with Crippen molar-refractivity contribution in [2.75, 3.05) is 32.7 Å². The summed E-state index contributed by atoms with van der Waals surface area (Å²) in [6, 6.07) is 18.4. The number of nitrogens with two attached hydrogens (primary N) is 1. The fourth-order valence-electron chi connectivity index (χ4n) is 8.23. The van der Waals surface area contributed by atoms with Gasteiger partial charge in [0, 0.05) is 52.3 Å². The van der Waals surface area contributed by atoms with Gasteiger partial charge in [-0.25, -0.2) is 0 Å². The van der Waals surface area contributed by atoms with Crippen molar-refractivity contribution in [3.05, 3.63) is 88.0 Å². The number of fused-ring (bicyclic) bond motifs is 1. The second-order valence-electron chi connectivity index (χ2n) is 15.4. The highest BCUT2D eigenvalue weighted by Gasteiger charge is 2.35. The molecule has 12 heteroatoms. The zero-order chi connectivity index (χ0) is 38.8. The van der Waals surface area contributed by atoms with E-state index in [1.807, 2.05) is 18.2 Å². The van der Waals surface area contributed by atoms with Gasteiger partial charge in [-0.2, -0.15) is 0 Å². The molecule has 2 aliphatic rings. The summed E-state index contributed by atoms with van der Waals surface area (Å²) in [7, 11) is 0. The van der Waals surface area contributed by atoms with Gasteiger partial charge in [0.2, 0.25) is 5.91 Å². The van der Waals surface area contributed by atoms with Crippen LogP contribution < -0.4 is 21.1 Å². The third-order valence-electron chi connectivity index (χ3n) is 11.3. The third-order valence-corrected chi connectivity index (χ3v) is 12.1. The van der Waals surface area contributed by atoms with Gasteiger partial charge in [-0.1, -0.05) is 73.2 Å². The number of hydrogen-bond donors (Lipinski definition) is 3. The molecule has 1 atom stereocenters. The second kappa shape index (κ2) is 19.2. The Balaban J connectivity index is 1.15. The van der Waals surface area contributed by atoms with Crippen LogP contribution in [0.2, 0.25) is 10.0 Å². The molecule has 0 radical (unpaired) electrons. The number of aryl methyl sites for hydroxylation is 1. The first-order chi connectivity index (χ1) is 26.5. The number of piperidine rings is 1. The minimum absolute atomic E-state index is 0.110. The van der Waals surface area contributed by atoms with Crippen molar-refractivity contribution in [2.24, 2.45) is 11.7 Å². The molecule has 1 aromatic heterocycles. The number of nitrogens with zero attached hydrogens (tertiary/aromatic N) is 2. The number of ether oxygens (including phenoxy) is 1. The van der Waals surface area contributed by atoms with Crippen molar-refractivity contribution in [3.8, 4) is 16.9 Å². The summed E-state index contributed by atoms with van der Waals surface area (Å²) < 4.78 is 45.1. The second-order valence-corrected chi connectivity index (χ2v) is 16.2. The molecule has 2 aliphatic heterocycles. The van der Waals surface area contributed by atoms with E-state index in [2.05, 4.69) is 49.2 Å². The number of hydrogen-bond acceptors (Lipinski definition) is 5. The van der Waals surface area contributed by atoms with Crippen molar-refractivity contribution in [1.82, 2.24) is 20.1 Å². The Morgan fingerprint density at radius 3 is 2.40 bits per heavy atom. The number of alkyl halides is 3. The Hall–Kier alpha value is -3.28. The van der Waals surface area contributed by atoms with Gasteiger partial charge in [0.1, 0.15) is 5.75 Å². The molecule has 3 aromatic carbocycles. The first-order valence-electron chi connectivity index (χ1n) is 19.9. The predicted molar refractivity (Wildman–Crippen MR) is 217 cm³/mol. The van der Waals surface area contributed by atoms with Crippen molar-refractivity contribution in [2.45, 2.75) is 102 Å². The Bertz CT molecular complexity index is 1840. The average molecular weight is 801 g/mol. The summed E-state index contributed by atoms with van der Waals surface area (Å²) in [6.07, 6.45) is 9.59. The molecule has 0 spiro atoms. The standard InChI is InChI=1S/C43H54Cl2F3N5O2/c44-38-10-5-11-39(45)35(38)18-12-31-8-3-1-2-4-25-52(26-6-9-31)29-32-13-19-40-36(28-32)37(33-14-16-34(17-15-33)55-43(46,47)48)30-53(40)27-7-22-51-41(54)42(49)20-23-50-24-21-42/h5,10-11,13-17,19,28,30-31,50H,1-4,6-9,12,18,20-27,29,49H2,(H,51,54). The monoisotopic (exact) mass is 799 g/mol. The third kappa shape index (κ3) is 11.6. The van der Waals surface area contributed by atoms with Gasteiger partial charge in [0.15, 0.2) is 0 Å². The molecule has 55 heavy (non-hydrogen) atoms. The van der Waals surface area contributed by atoms with E-state index in [0.717, 1.165) is 96.0 Å². The maximum Gasteiger partial charge on any atom is 0.573 e. The summed E-state index contributed by atoms with van der Waals surface area (Å²) in [5, 5.41) is 8.84. The van der Waals surface area contributed by atoms with Gasteiger partial charge >= 0.3 is 6.36 Å². The molecule has 1 amide bonds. The van der Waals surface area contributed by atoms with E-state index in [-0.39, 0.29) is 11.7 Å². The Morgan fingerprint density at radius 2 is 1.65 bits per heavy atom. The van der Waals surface area contributed by atoms with Crippen LogP contribution in [0.5, 0.6) is 5.75 Å². The summed E-state index contributed by atoms with van der Waals surface area (Å²) in [5.74, 6) is 0.270. The average Bonchev–Trinajstić information content (AvgIpc) is 3.49. The Kier molecular flexibility index (Phi) is 14.5. The normalized spacial score (nSPS) is 18.8. The molecule has 0 bridgehead atoms. The molecule has 0 saturated carbocycles. The number of carbonyl (C=O) groups excluding carboxylic acids is 1. The van der Waals surface area contributed by atoms with Crippen LogP contribution in [-0.2, 0) is 24.3 Å². The van der Waals surface area contributed by atoms with Crippen LogP contribution in [0.25, 0.3) is 22.0 Å². The van der Waals surface area contributed by atoms with E-state index in [1.54, 1.807) is 12.1 Å². The highest BCUT2D eigenvalue weighted by atomic mass is 35.5. The molecule has 0 aliphatic carbocycles. The lowest BCUT2D eigenvalue weighted by Crippen LogP contribution is -2.59. The van der Waals surface area contributed by atoms with Gasteiger partial charge in [-0.3, -0.25) is 9.69 Å². The molecule has 1 unspecified atom stereocenters. The predicted octanol–water partition coefficient (Wildman–Crippen LogP) is 9.90. The van der Waals surface area contributed by atoms with Crippen LogP contribution in [0.4, 0.5) is 13.2 Å². The topological polar surface area (TPSA) is 84.5 Å². The first kappa shape index (κ1) is 41.4. The van der Waals surface area contributed by atoms with Crippen LogP contribution in [0.3, 0.4) is 0 Å². The Labute approximate surface area is 333 Å². The lowest BCUT2D eigenvalue weighted by Gasteiger charge is -2.32. The van der Waals surface area contributed by atoms with E-state index in [4.69, 9.17) is 28.9 Å². The van der Waals surface area contributed by atoms with Gasteiger partial charge in [-0.05, 0) is 137 Å². The minimum Gasteiger partial charge on any atom is -0.406 e.